The Morgan fingerprint density at radius 1 is 1.21 bits per heavy atom. The molecule has 100 valence electrons. The summed E-state index contributed by atoms with van der Waals surface area (Å²) in [6, 6.07) is 3.83. The third-order valence-electron chi connectivity index (χ3n) is 2.48. The minimum absolute atomic E-state index is 0.0158. The number of nitrogens with one attached hydrogen (secondary N) is 1. The number of nitrogens with zero attached hydrogens (tertiary/aromatic N) is 1. The number of nitrogens with two attached hydrogens (primary N) is 1. The lowest BCUT2D eigenvalue weighted by Gasteiger charge is -2.11. The van der Waals surface area contributed by atoms with Crippen LogP contribution in [0.5, 0.6) is 0 Å². The molecule has 1 aromatic heterocycles. The van der Waals surface area contributed by atoms with Crippen LogP contribution in [0.1, 0.15) is 5.56 Å². The summed E-state index contributed by atoms with van der Waals surface area (Å²) in [5.74, 6) is -1.42. The zero-order valence-electron chi connectivity index (χ0n) is 9.77. The molecule has 0 bridgehead atoms. The maximum absolute atomic E-state index is 13.8. The summed E-state index contributed by atoms with van der Waals surface area (Å²) in [4.78, 5) is 3.85. The normalized spacial score (nSPS) is 10.6. The molecule has 0 aliphatic rings. The molecule has 1 aromatic carbocycles. The van der Waals surface area contributed by atoms with Crippen molar-refractivity contribution in [1.82, 2.24) is 4.98 Å². The number of pyridine rings is 1. The highest BCUT2D eigenvalue weighted by Gasteiger charge is 2.15. The van der Waals surface area contributed by atoms with Crippen molar-refractivity contribution in [3.63, 3.8) is 0 Å². The number of hydrogen-bond acceptors (Lipinski definition) is 3. The van der Waals surface area contributed by atoms with Gasteiger partial charge in [-0.05, 0) is 24.6 Å². The fourth-order valence-corrected chi connectivity index (χ4v) is 1.86. The molecule has 0 saturated heterocycles. The van der Waals surface area contributed by atoms with E-state index < -0.39 is 11.6 Å². The predicted molar refractivity (Wildman–Crippen MR) is 73.0 cm³/mol. The molecule has 0 radical (unpaired) electrons. The van der Waals surface area contributed by atoms with Gasteiger partial charge in [0, 0.05) is 0 Å². The standard InChI is InChI=1S/C12H9Cl2F2N3/c1-5-2-3-8(15)10(9(5)16)18-12-7(14)4-6(13)11(17)19-12/h2-4H,1H3,(H3,17,18,19). The Bertz CT molecular complexity index is 647. The van der Waals surface area contributed by atoms with Gasteiger partial charge in [0.1, 0.15) is 17.3 Å². The molecule has 0 aliphatic heterocycles. The van der Waals surface area contributed by atoms with Gasteiger partial charge in [0.05, 0.1) is 10.0 Å². The number of aromatic nitrogens is 1. The quantitative estimate of drug-likeness (QED) is 0.869. The molecule has 3 nitrogen and oxygen atoms in total. The molecule has 19 heavy (non-hydrogen) atoms. The fraction of sp³-hybridized carbons (Fsp3) is 0.0833. The molecule has 0 fully saturated rings. The number of halogens is 4. The van der Waals surface area contributed by atoms with E-state index in [1.54, 1.807) is 0 Å². The van der Waals surface area contributed by atoms with Crippen LogP contribution in [0.3, 0.4) is 0 Å². The first kappa shape index (κ1) is 13.8. The van der Waals surface area contributed by atoms with Crippen LogP contribution in [-0.2, 0) is 0 Å². The lowest BCUT2D eigenvalue weighted by molar-refractivity contribution is 0.585. The van der Waals surface area contributed by atoms with Crippen LogP contribution in [0.15, 0.2) is 18.2 Å². The van der Waals surface area contributed by atoms with E-state index in [9.17, 15) is 8.78 Å². The Balaban J connectivity index is 2.48. The van der Waals surface area contributed by atoms with Crippen molar-refractivity contribution < 1.29 is 8.78 Å². The molecule has 1 heterocycles. The van der Waals surface area contributed by atoms with Gasteiger partial charge in [0.25, 0.3) is 0 Å². The molecular formula is C12H9Cl2F2N3. The van der Waals surface area contributed by atoms with Crippen LogP contribution in [0.4, 0.5) is 26.1 Å². The van der Waals surface area contributed by atoms with E-state index in [0.29, 0.717) is 5.56 Å². The number of rotatable bonds is 2. The maximum atomic E-state index is 13.8. The topological polar surface area (TPSA) is 50.9 Å². The van der Waals surface area contributed by atoms with Crippen LogP contribution in [-0.4, -0.2) is 4.98 Å². The Labute approximate surface area is 118 Å². The molecule has 0 atom stereocenters. The van der Waals surface area contributed by atoms with Gasteiger partial charge in [0.2, 0.25) is 0 Å². The predicted octanol–water partition coefficient (Wildman–Crippen LogP) is 4.30. The number of aryl methyl sites for hydroxylation is 1. The van der Waals surface area contributed by atoms with Crippen LogP contribution in [0, 0.1) is 18.6 Å². The highest BCUT2D eigenvalue weighted by atomic mass is 35.5. The SMILES string of the molecule is Cc1ccc(F)c(Nc2nc(N)c(Cl)cc2Cl)c1F. The van der Waals surface area contributed by atoms with E-state index in [1.807, 2.05) is 0 Å². The maximum Gasteiger partial charge on any atom is 0.152 e. The number of anilines is 3. The third-order valence-corrected chi connectivity index (χ3v) is 3.08. The monoisotopic (exact) mass is 303 g/mol. The summed E-state index contributed by atoms with van der Waals surface area (Å²) in [7, 11) is 0. The van der Waals surface area contributed by atoms with Gasteiger partial charge in [-0.25, -0.2) is 13.8 Å². The Morgan fingerprint density at radius 3 is 2.58 bits per heavy atom. The van der Waals surface area contributed by atoms with E-state index in [2.05, 4.69) is 10.3 Å². The third kappa shape index (κ3) is 2.72. The molecule has 0 aliphatic carbocycles. The molecule has 3 N–H and O–H groups in total. The summed E-state index contributed by atoms with van der Waals surface area (Å²) in [5.41, 5.74) is 5.48. The molecular weight excluding hydrogens is 295 g/mol. The smallest absolute Gasteiger partial charge is 0.152 e. The summed E-state index contributed by atoms with van der Waals surface area (Å²) in [6.07, 6.45) is 0. The van der Waals surface area contributed by atoms with E-state index >= 15 is 0 Å². The Morgan fingerprint density at radius 2 is 1.89 bits per heavy atom. The summed E-state index contributed by atoms with van der Waals surface area (Å²) in [5, 5.41) is 2.76. The van der Waals surface area contributed by atoms with E-state index in [-0.39, 0.29) is 27.4 Å². The van der Waals surface area contributed by atoms with Gasteiger partial charge in [-0.15, -0.1) is 0 Å². The first-order chi connectivity index (χ1) is 8.90. The molecule has 7 heteroatoms. The average Bonchev–Trinajstić information content (AvgIpc) is 2.36. The van der Waals surface area contributed by atoms with Crippen molar-refractivity contribution in [3.05, 3.63) is 45.4 Å². The lowest BCUT2D eigenvalue weighted by atomic mass is 10.2. The minimum Gasteiger partial charge on any atom is -0.382 e. The van der Waals surface area contributed by atoms with Crippen LogP contribution >= 0.6 is 23.2 Å². The van der Waals surface area contributed by atoms with Crippen LogP contribution in [0.25, 0.3) is 0 Å². The molecule has 0 unspecified atom stereocenters. The molecule has 2 rings (SSSR count). The molecule has 0 spiro atoms. The molecule has 0 saturated carbocycles. The van der Waals surface area contributed by atoms with Crippen molar-refractivity contribution >= 4 is 40.5 Å². The second kappa shape index (κ2) is 5.19. The highest BCUT2D eigenvalue weighted by molar-refractivity contribution is 6.37. The molecule has 0 amide bonds. The lowest BCUT2D eigenvalue weighted by Crippen LogP contribution is -2.03. The highest BCUT2D eigenvalue weighted by Crippen LogP contribution is 2.31. The largest absolute Gasteiger partial charge is 0.382 e. The van der Waals surface area contributed by atoms with Gasteiger partial charge in [-0.2, -0.15) is 0 Å². The van der Waals surface area contributed by atoms with Crippen molar-refractivity contribution in [2.75, 3.05) is 11.1 Å². The Kier molecular flexibility index (Phi) is 3.78. The Hall–Kier alpha value is -1.59. The second-order valence-corrected chi connectivity index (χ2v) is 4.68. The number of benzene rings is 1. The van der Waals surface area contributed by atoms with Gasteiger partial charge in [-0.3, -0.25) is 0 Å². The second-order valence-electron chi connectivity index (χ2n) is 3.86. The van der Waals surface area contributed by atoms with Gasteiger partial charge in [0.15, 0.2) is 11.6 Å². The number of hydrogen-bond donors (Lipinski definition) is 2. The van der Waals surface area contributed by atoms with E-state index in [0.717, 1.165) is 6.07 Å². The number of nitrogen functional groups attached to an aromatic ring is 1. The van der Waals surface area contributed by atoms with Gasteiger partial charge >= 0.3 is 0 Å². The van der Waals surface area contributed by atoms with Crippen molar-refractivity contribution in [2.24, 2.45) is 0 Å². The van der Waals surface area contributed by atoms with Crippen LogP contribution in [0.2, 0.25) is 10.0 Å². The van der Waals surface area contributed by atoms with Gasteiger partial charge in [-0.1, -0.05) is 29.3 Å². The van der Waals surface area contributed by atoms with Crippen LogP contribution < -0.4 is 11.1 Å². The average molecular weight is 304 g/mol. The first-order valence-corrected chi connectivity index (χ1v) is 5.99. The van der Waals surface area contributed by atoms with E-state index in [1.165, 1.54) is 19.1 Å². The summed E-state index contributed by atoms with van der Waals surface area (Å²) in [6.45, 7) is 1.52. The minimum atomic E-state index is -0.755. The zero-order valence-corrected chi connectivity index (χ0v) is 11.3. The molecule has 2 aromatic rings. The first-order valence-electron chi connectivity index (χ1n) is 5.23. The van der Waals surface area contributed by atoms with Crippen molar-refractivity contribution in [2.45, 2.75) is 6.92 Å². The fourth-order valence-electron chi connectivity index (χ4n) is 1.46. The summed E-state index contributed by atoms with van der Waals surface area (Å²) < 4.78 is 27.4. The van der Waals surface area contributed by atoms with Crippen molar-refractivity contribution in [3.8, 4) is 0 Å². The van der Waals surface area contributed by atoms with Gasteiger partial charge < -0.3 is 11.1 Å². The van der Waals surface area contributed by atoms with E-state index in [4.69, 9.17) is 28.9 Å². The summed E-state index contributed by atoms with van der Waals surface area (Å²) >= 11 is 11.6. The zero-order chi connectivity index (χ0) is 14.2. The van der Waals surface area contributed by atoms with Crippen molar-refractivity contribution in [1.29, 1.82) is 0 Å².